The molecule has 0 amide bonds. The highest BCUT2D eigenvalue weighted by molar-refractivity contribution is 9.11. The van der Waals surface area contributed by atoms with Crippen LogP contribution in [0.25, 0.3) is 0 Å². The Hall–Kier alpha value is -0.360. The van der Waals surface area contributed by atoms with Gasteiger partial charge in [0.25, 0.3) is 0 Å². The Morgan fingerprint density at radius 2 is 2.05 bits per heavy atom. The average Bonchev–Trinajstić information content (AvgIpc) is 2.84. The third-order valence-corrected chi connectivity index (χ3v) is 5.00. The second-order valence-electron chi connectivity index (χ2n) is 4.40. The van der Waals surface area contributed by atoms with E-state index in [9.17, 15) is 0 Å². The summed E-state index contributed by atoms with van der Waals surface area (Å²) < 4.78 is 8.14. The quantitative estimate of drug-likeness (QED) is 0.611. The molecule has 1 N–H and O–H groups in total. The monoisotopic (exact) mass is 417 g/mol. The van der Waals surface area contributed by atoms with Crippen molar-refractivity contribution in [3.63, 3.8) is 0 Å². The summed E-state index contributed by atoms with van der Waals surface area (Å²) in [6.45, 7) is 4.61. The van der Waals surface area contributed by atoms with Crippen LogP contribution in [0.5, 0.6) is 5.75 Å². The predicted molar refractivity (Wildman–Crippen MR) is 92.5 cm³/mol. The number of nitrogens with one attached hydrogen (secondary N) is 1. The first-order valence-electron chi connectivity index (χ1n) is 6.56. The highest BCUT2D eigenvalue weighted by Crippen LogP contribution is 2.31. The van der Waals surface area contributed by atoms with Gasteiger partial charge in [-0.15, -0.1) is 11.3 Å². The smallest absolute Gasteiger partial charge is 0.138 e. The molecule has 108 valence electrons. The fraction of sp³-hybridized carbons (Fsp3) is 0.333. The first-order chi connectivity index (χ1) is 9.70. The molecule has 0 bridgehead atoms. The molecule has 1 aromatic heterocycles. The lowest BCUT2D eigenvalue weighted by Crippen LogP contribution is -2.14. The van der Waals surface area contributed by atoms with Crippen molar-refractivity contribution in [3.05, 3.63) is 49.0 Å². The first kappa shape index (κ1) is 16.0. The van der Waals surface area contributed by atoms with Gasteiger partial charge in [0.05, 0.1) is 8.26 Å². The number of hydrogen-bond acceptors (Lipinski definition) is 3. The molecule has 0 radical (unpaired) electrons. The second kappa shape index (κ2) is 8.17. The fourth-order valence-corrected chi connectivity index (χ4v) is 3.74. The fourth-order valence-electron chi connectivity index (χ4n) is 1.83. The van der Waals surface area contributed by atoms with Crippen molar-refractivity contribution in [1.82, 2.24) is 5.32 Å². The van der Waals surface area contributed by atoms with Crippen LogP contribution in [-0.4, -0.2) is 6.54 Å². The van der Waals surface area contributed by atoms with E-state index < -0.39 is 0 Å². The first-order valence-corrected chi connectivity index (χ1v) is 8.96. The van der Waals surface area contributed by atoms with Gasteiger partial charge in [0, 0.05) is 17.0 Å². The van der Waals surface area contributed by atoms with Crippen molar-refractivity contribution < 1.29 is 4.74 Å². The van der Waals surface area contributed by atoms with Gasteiger partial charge in [0.1, 0.15) is 12.4 Å². The Morgan fingerprint density at radius 3 is 2.75 bits per heavy atom. The number of hydrogen-bond donors (Lipinski definition) is 1. The Kier molecular flexibility index (Phi) is 6.55. The minimum absolute atomic E-state index is 0.597. The van der Waals surface area contributed by atoms with E-state index in [-0.39, 0.29) is 0 Å². The van der Waals surface area contributed by atoms with E-state index in [0.29, 0.717) is 6.61 Å². The SMILES string of the molecule is CCCNCc1cccc(Br)c1OCc1ccc(Br)s1. The van der Waals surface area contributed by atoms with E-state index in [1.807, 2.05) is 18.2 Å². The Bertz CT molecular complexity index is 557. The van der Waals surface area contributed by atoms with Crippen LogP contribution in [0.1, 0.15) is 23.8 Å². The number of rotatable bonds is 7. The molecule has 2 aromatic rings. The van der Waals surface area contributed by atoms with Gasteiger partial charge in [0.2, 0.25) is 0 Å². The maximum absolute atomic E-state index is 6.00. The molecule has 2 rings (SSSR count). The van der Waals surface area contributed by atoms with Crippen molar-refractivity contribution in [2.75, 3.05) is 6.54 Å². The summed E-state index contributed by atoms with van der Waals surface area (Å²) in [5.41, 5.74) is 1.18. The Morgan fingerprint density at radius 1 is 1.20 bits per heavy atom. The topological polar surface area (TPSA) is 21.3 Å². The van der Waals surface area contributed by atoms with Crippen molar-refractivity contribution in [3.8, 4) is 5.75 Å². The molecular formula is C15H17Br2NOS. The van der Waals surface area contributed by atoms with Gasteiger partial charge in [-0.2, -0.15) is 0 Å². The standard InChI is InChI=1S/C15H17Br2NOS/c1-2-8-18-9-11-4-3-5-13(16)15(11)19-10-12-6-7-14(17)20-12/h3-7,18H,2,8-10H2,1H3. The Balaban J connectivity index is 2.04. The van der Waals surface area contributed by atoms with Crippen molar-refractivity contribution >= 4 is 43.2 Å². The molecule has 20 heavy (non-hydrogen) atoms. The van der Waals surface area contributed by atoms with Crippen LogP contribution in [0, 0.1) is 0 Å². The van der Waals surface area contributed by atoms with Crippen LogP contribution in [-0.2, 0) is 13.2 Å². The summed E-state index contributed by atoms with van der Waals surface area (Å²) in [5.74, 6) is 0.931. The van der Waals surface area contributed by atoms with Crippen LogP contribution in [0.2, 0.25) is 0 Å². The van der Waals surface area contributed by atoms with E-state index in [1.54, 1.807) is 11.3 Å². The molecule has 2 nitrogen and oxygen atoms in total. The van der Waals surface area contributed by atoms with Crippen molar-refractivity contribution in [2.24, 2.45) is 0 Å². The highest BCUT2D eigenvalue weighted by Gasteiger charge is 2.09. The van der Waals surface area contributed by atoms with Gasteiger partial charge in [-0.3, -0.25) is 0 Å². The van der Waals surface area contributed by atoms with Crippen molar-refractivity contribution in [2.45, 2.75) is 26.5 Å². The summed E-state index contributed by atoms with van der Waals surface area (Å²) in [7, 11) is 0. The molecule has 0 saturated carbocycles. The summed E-state index contributed by atoms with van der Waals surface area (Å²) >= 11 is 8.75. The number of para-hydroxylation sites is 1. The molecule has 0 unspecified atom stereocenters. The van der Waals surface area contributed by atoms with Crippen LogP contribution in [0.15, 0.2) is 38.6 Å². The van der Waals surface area contributed by atoms with E-state index in [2.05, 4.69) is 56.2 Å². The number of benzene rings is 1. The van der Waals surface area contributed by atoms with Gasteiger partial charge in [0.15, 0.2) is 0 Å². The lowest BCUT2D eigenvalue weighted by molar-refractivity contribution is 0.303. The third-order valence-electron chi connectivity index (χ3n) is 2.78. The molecular weight excluding hydrogens is 402 g/mol. The largest absolute Gasteiger partial charge is 0.487 e. The van der Waals surface area contributed by atoms with Gasteiger partial charge >= 0.3 is 0 Å². The van der Waals surface area contributed by atoms with E-state index >= 15 is 0 Å². The maximum atomic E-state index is 6.00. The second-order valence-corrected chi connectivity index (χ2v) is 7.80. The van der Waals surface area contributed by atoms with Gasteiger partial charge in [-0.05, 0) is 63.0 Å². The number of thiophene rings is 1. The lowest BCUT2D eigenvalue weighted by atomic mass is 10.2. The Labute approximate surface area is 140 Å². The summed E-state index contributed by atoms with van der Waals surface area (Å²) in [6, 6.07) is 10.3. The number of halogens is 2. The minimum atomic E-state index is 0.597. The molecule has 0 aliphatic rings. The average molecular weight is 419 g/mol. The van der Waals surface area contributed by atoms with Gasteiger partial charge in [-0.1, -0.05) is 19.1 Å². The van der Waals surface area contributed by atoms with Crippen molar-refractivity contribution in [1.29, 1.82) is 0 Å². The van der Waals surface area contributed by atoms with Crippen LogP contribution in [0.4, 0.5) is 0 Å². The normalized spacial score (nSPS) is 10.8. The molecule has 0 saturated heterocycles. The molecule has 0 aliphatic heterocycles. The molecule has 0 atom stereocenters. The van der Waals surface area contributed by atoms with Crippen LogP contribution >= 0.6 is 43.2 Å². The zero-order valence-corrected chi connectivity index (χ0v) is 15.3. The molecule has 0 spiro atoms. The van der Waals surface area contributed by atoms with Crippen LogP contribution in [0.3, 0.4) is 0 Å². The van der Waals surface area contributed by atoms with E-state index in [4.69, 9.17) is 4.74 Å². The van der Waals surface area contributed by atoms with E-state index in [0.717, 1.165) is 33.5 Å². The maximum Gasteiger partial charge on any atom is 0.138 e. The summed E-state index contributed by atoms with van der Waals surface area (Å²) in [5, 5.41) is 3.42. The number of ether oxygens (including phenoxy) is 1. The molecule has 1 heterocycles. The summed E-state index contributed by atoms with van der Waals surface area (Å²) in [4.78, 5) is 1.21. The molecule has 0 fully saturated rings. The lowest BCUT2D eigenvalue weighted by Gasteiger charge is -2.13. The molecule has 5 heteroatoms. The van der Waals surface area contributed by atoms with Gasteiger partial charge in [-0.25, -0.2) is 0 Å². The molecule has 0 aliphatic carbocycles. The zero-order valence-electron chi connectivity index (χ0n) is 11.3. The predicted octanol–water partition coefficient (Wildman–Crippen LogP) is 5.35. The zero-order chi connectivity index (χ0) is 14.4. The summed E-state index contributed by atoms with van der Waals surface area (Å²) in [6.07, 6.45) is 1.13. The minimum Gasteiger partial charge on any atom is -0.487 e. The molecule has 1 aromatic carbocycles. The third kappa shape index (κ3) is 4.58. The van der Waals surface area contributed by atoms with Crippen LogP contribution < -0.4 is 10.1 Å². The van der Waals surface area contributed by atoms with E-state index in [1.165, 1.54) is 10.4 Å². The highest BCUT2D eigenvalue weighted by atomic mass is 79.9. The van der Waals surface area contributed by atoms with Gasteiger partial charge < -0.3 is 10.1 Å².